The average Bonchev–Trinajstić information content (AvgIpc) is 2.60. The molecule has 0 radical (unpaired) electrons. The van der Waals surface area contributed by atoms with Gasteiger partial charge in [-0.3, -0.25) is 9.58 Å². The standard InChI is InChI=1S/C15H28N4/c1-6-8-18(14-9-16-10-14)12(4)15-11(3)17-19(7-2)13(15)5/h12,14,16H,6-10H2,1-5H3. The fraction of sp³-hybridized carbons (Fsp3) is 0.800. The van der Waals surface area contributed by atoms with Crippen molar-refractivity contribution in [1.82, 2.24) is 20.0 Å². The fourth-order valence-corrected chi connectivity index (χ4v) is 3.25. The van der Waals surface area contributed by atoms with Crippen LogP contribution in [0.4, 0.5) is 0 Å². The number of hydrogen-bond acceptors (Lipinski definition) is 3. The van der Waals surface area contributed by atoms with Gasteiger partial charge >= 0.3 is 0 Å². The summed E-state index contributed by atoms with van der Waals surface area (Å²) < 4.78 is 2.13. The Morgan fingerprint density at radius 3 is 2.47 bits per heavy atom. The minimum Gasteiger partial charge on any atom is -0.314 e. The summed E-state index contributed by atoms with van der Waals surface area (Å²) in [5.41, 5.74) is 3.96. The Balaban J connectivity index is 2.25. The van der Waals surface area contributed by atoms with Crippen molar-refractivity contribution in [1.29, 1.82) is 0 Å². The number of aryl methyl sites for hydroxylation is 2. The minimum absolute atomic E-state index is 0.465. The van der Waals surface area contributed by atoms with Crippen LogP contribution in [-0.2, 0) is 6.54 Å². The number of aromatic nitrogens is 2. The van der Waals surface area contributed by atoms with Crippen LogP contribution in [0.2, 0.25) is 0 Å². The highest BCUT2D eigenvalue weighted by molar-refractivity contribution is 5.28. The molecule has 1 aromatic rings. The molecular weight excluding hydrogens is 236 g/mol. The van der Waals surface area contributed by atoms with Crippen LogP contribution in [-0.4, -0.2) is 40.4 Å². The van der Waals surface area contributed by atoms with Crippen LogP contribution in [0.25, 0.3) is 0 Å². The first-order valence-electron chi connectivity index (χ1n) is 7.60. The number of nitrogens with one attached hydrogen (secondary N) is 1. The van der Waals surface area contributed by atoms with E-state index in [0.29, 0.717) is 12.1 Å². The van der Waals surface area contributed by atoms with Gasteiger partial charge in [-0.1, -0.05) is 6.92 Å². The fourth-order valence-electron chi connectivity index (χ4n) is 3.25. The van der Waals surface area contributed by atoms with Gasteiger partial charge in [0, 0.05) is 43.0 Å². The van der Waals surface area contributed by atoms with Gasteiger partial charge in [0.25, 0.3) is 0 Å². The third kappa shape index (κ3) is 2.70. The molecule has 0 saturated carbocycles. The SMILES string of the molecule is CCCN(C1CNC1)C(C)c1c(C)nn(CC)c1C. The zero-order valence-corrected chi connectivity index (χ0v) is 13.0. The maximum atomic E-state index is 4.67. The molecule has 1 aliphatic heterocycles. The predicted octanol–water partition coefficient (Wildman–Crippen LogP) is 2.26. The van der Waals surface area contributed by atoms with Gasteiger partial charge in [-0.25, -0.2) is 0 Å². The second kappa shape index (κ2) is 6.06. The zero-order chi connectivity index (χ0) is 14.0. The van der Waals surface area contributed by atoms with E-state index in [1.807, 2.05) is 0 Å². The molecule has 0 aromatic carbocycles. The molecule has 2 heterocycles. The number of hydrogen-bond donors (Lipinski definition) is 1. The first-order valence-corrected chi connectivity index (χ1v) is 7.60. The first kappa shape index (κ1) is 14.5. The molecule has 1 atom stereocenters. The molecule has 19 heavy (non-hydrogen) atoms. The second-order valence-electron chi connectivity index (χ2n) is 5.63. The summed E-state index contributed by atoms with van der Waals surface area (Å²) in [6.07, 6.45) is 1.21. The van der Waals surface area contributed by atoms with Crippen LogP contribution in [0.1, 0.15) is 50.2 Å². The smallest absolute Gasteiger partial charge is 0.0644 e. The Morgan fingerprint density at radius 2 is 2.05 bits per heavy atom. The quantitative estimate of drug-likeness (QED) is 0.855. The van der Waals surface area contributed by atoms with Crippen molar-refractivity contribution in [2.75, 3.05) is 19.6 Å². The highest BCUT2D eigenvalue weighted by Gasteiger charge is 2.30. The molecule has 0 amide bonds. The molecule has 4 heteroatoms. The van der Waals surface area contributed by atoms with Crippen molar-refractivity contribution in [2.45, 2.75) is 59.7 Å². The van der Waals surface area contributed by atoms with Gasteiger partial charge in [0.05, 0.1) is 5.69 Å². The van der Waals surface area contributed by atoms with Gasteiger partial charge in [0.2, 0.25) is 0 Å². The Labute approximate surface area is 117 Å². The lowest BCUT2D eigenvalue weighted by atomic mass is 10.0. The minimum atomic E-state index is 0.465. The molecule has 0 bridgehead atoms. The molecule has 4 nitrogen and oxygen atoms in total. The van der Waals surface area contributed by atoms with Gasteiger partial charge in [-0.15, -0.1) is 0 Å². The molecule has 1 aliphatic rings. The van der Waals surface area contributed by atoms with Gasteiger partial charge in [0.1, 0.15) is 0 Å². The molecule has 1 saturated heterocycles. The van der Waals surface area contributed by atoms with Gasteiger partial charge < -0.3 is 5.32 Å². The van der Waals surface area contributed by atoms with E-state index in [1.54, 1.807) is 0 Å². The molecule has 1 fully saturated rings. The maximum absolute atomic E-state index is 4.67. The van der Waals surface area contributed by atoms with Gasteiger partial charge in [0.15, 0.2) is 0 Å². The lowest BCUT2D eigenvalue weighted by Gasteiger charge is -2.42. The molecule has 1 aromatic heterocycles. The maximum Gasteiger partial charge on any atom is 0.0644 e. The van der Waals surface area contributed by atoms with Crippen LogP contribution in [0.15, 0.2) is 0 Å². The van der Waals surface area contributed by atoms with E-state index < -0.39 is 0 Å². The topological polar surface area (TPSA) is 33.1 Å². The highest BCUT2D eigenvalue weighted by Crippen LogP contribution is 2.29. The molecule has 1 unspecified atom stereocenters. The summed E-state index contributed by atoms with van der Waals surface area (Å²) in [6, 6.07) is 1.16. The molecule has 0 spiro atoms. The van der Waals surface area contributed by atoms with Crippen molar-refractivity contribution in [2.24, 2.45) is 0 Å². The van der Waals surface area contributed by atoms with Crippen molar-refractivity contribution in [3.8, 4) is 0 Å². The lowest BCUT2D eigenvalue weighted by molar-refractivity contribution is 0.102. The Bertz CT molecular complexity index is 420. The summed E-state index contributed by atoms with van der Waals surface area (Å²) in [5.74, 6) is 0. The second-order valence-corrected chi connectivity index (χ2v) is 5.63. The van der Waals surface area contributed by atoms with Gasteiger partial charge in [-0.2, -0.15) is 5.10 Å². The number of rotatable bonds is 6. The molecule has 2 rings (SSSR count). The lowest BCUT2D eigenvalue weighted by Crippen LogP contribution is -2.57. The molecule has 108 valence electrons. The van der Waals surface area contributed by atoms with E-state index in [-0.39, 0.29) is 0 Å². The summed E-state index contributed by atoms with van der Waals surface area (Å²) >= 11 is 0. The molecular formula is C15H28N4. The normalized spacial score (nSPS) is 17.8. The summed E-state index contributed by atoms with van der Waals surface area (Å²) in [6.45, 7) is 15.5. The van der Waals surface area contributed by atoms with Crippen LogP contribution in [0, 0.1) is 13.8 Å². The van der Waals surface area contributed by atoms with Crippen molar-refractivity contribution >= 4 is 0 Å². The van der Waals surface area contributed by atoms with Crippen LogP contribution in [0.5, 0.6) is 0 Å². The predicted molar refractivity (Wildman–Crippen MR) is 79.4 cm³/mol. The van der Waals surface area contributed by atoms with Crippen molar-refractivity contribution < 1.29 is 0 Å². The van der Waals surface area contributed by atoms with Crippen molar-refractivity contribution in [3.05, 3.63) is 17.0 Å². The number of nitrogens with zero attached hydrogens (tertiary/aromatic N) is 3. The van der Waals surface area contributed by atoms with Crippen LogP contribution < -0.4 is 5.32 Å². The monoisotopic (exact) mass is 264 g/mol. The van der Waals surface area contributed by atoms with E-state index in [0.717, 1.165) is 19.6 Å². The van der Waals surface area contributed by atoms with E-state index in [9.17, 15) is 0 Å². The van der Waals surface area contributed by atoms with Crippen LogP contribution in [0.3, 0.4) is 0 Å². The highest BCUT2D eigenvalue weighted by atomic mass is 15.3. The summed E-state index contributed by atoms with van der Waals surface area (Å²) in [4.78, 5) is 2.65. The van der Waals surface area contributed by atoms with Crippen molar-refractivity contribution in [3.63, 3.8) is 0 Å². The van der Waals surface area contributed by atoms with E-state index in [1.165, 1.54) is 29.9 Å². The third-order valence-corrected chi connectivity index (χ3v) is 4.36. The van der Waals surface area contributed by atoms with E-state index in [2.05, 4.69) is 54.6 Å². The first-order chi connectivity index (χ1) is 9.10. The zero-order valence-electron chi connectivity index (χ0n) is 13.0. The molecule has 1 N–H and O–H groups in total. The largest absolute Gasteiger partial charge is 0.314 e. The van der Waals surface area contributed by atoms with E-state index in [4.69, 9.17) is 0 Å². The average molecular weight is 264 g/mol. The Morgan fingerprint density at radius 1 is 1.37 bits per heavy atom. The molecule has 0 aliphatic carbocycles. The summed E-state index contributed by atoms with van der Waals surface area (Å²) in [7, 11) is 0. The van der Waals surface area contributed by atoms with Gasteiger partial charge in [-0.05, 0) is 40.7 Å². The van der Waals surface area contributed by atoms with Crippen LogP contribution >= 0.6 is 0 Å². The Kier molecular flexibility index (Phi) is 4.63. The van der Waals surface area contributed by atoms with E-state index >= 15 is 0 Å². The Hall–Kier alpha value is -0.870. The summed E-state index contributed by atoms with van der Waals surface area (Å²) in [5, 5.41) is 8.06. The third-order valence-electron chi connectivity index (χ3n) is 4.36.